The van der Waals surface area contributed by atoms with Crippen LogP contribution in [0.25, 0.3) is 0 Å². The third-order valence-corrected chi connectivity index (χ3v) is 2.21. The summed E-state index contributed by atoms with van der Waals surface area (Å²) in [4.78, 5) is 11.9. The monoisotopic (exact) mass is 235 g/mol. The molecule has 2 heterocycles. The van der Waals surface area contributed by atoms with Crippen molar-refractivity contribution < 1.29 is 9.53 Å². The summed E-state index contributed by atoms with van der Waals surface area (Å²) < 4.78 is 6.54. The molecule has 0 aliphatic heterocycles. The molecule has 0 unspecified atom stereocenters. The second-order valence-corrected chi connectivity index (χ2v) is 3.36. The molecule has 0 fully saturated rings. The molecule has 1 amide bonds. The fourth-order valence-electron chi connectivity index (χ4n) is 1.39. The van der Waals surface area contributed by atoms with E-state index in [1.54, 1.807) is 36.3 Å². The van der Waals surface area contributed by atoms with Gasteiger partial charge in [-0.2, -0.15) is 10.2 Å². The fraction of sp³-hybridized carbons (Fsp3) is 0.300. The zero-order valence-electron chi connectivity index (χ0n) is 9.38. The first-order valence-electron chi connectivity index (χ1n) is 5.12. The number of hydrogen-bond donors (Lipinski definition) is 2. The molecule has 7 nitrogen and oxygen atoms in total. The fourth-order valence-corrected chi connectivity index (χ4v) is 1.39. The summed E-state index contributed by atoms with van der Waals surface area (Å²) in [6.45, 7) is 1.04. The highest BCUT2D eigenvalue weighted by molar-refractivity contribution is 6.02. The Morgan fingerprint density at radius 1 is 1.53 bits per heavy atom. The van der Waals surface area contributed by atoms with E-state index in [9.17, 15) is 4.79 Å². The third-order valence-electron chi connectivity index (χ3n) is 2.21. The Labute approximate surface area is 97.8 Å². The lowest BCUT2D eigenvalue weighted by molar-refractivity contribution is 0.101. The molecule has 7 heteroatoms. The summed E-state index contributed by atoms with van der Waals surface area (Å²) in [6.07, 6.45) is 3.15. The standard InChI is InChI=1S/C10H13N5O2/c1-17-7-6-15-8(2-5-12-15)10(16)13-9-3-4-11-14-9/h2-5H,6-7H2,1H3,(H2,11,13,14,16). The maximum Gasteiger partial charge on any atom is 0.275 e. The molecule has 0 saturated heterocycles. The van der Waals surface area contributed by atoms with Crippen LogP contribution >= 0.6 is 0 Å². The minimum Gasteiger partial charge on any atom is -0.383 e. The van der Waals surface area contributed by atoms with Crippen LogP contribution in [0.3, 0.4) is 0 Å². The summed E-state index contributed by atoms with van der Waals surface area (Å²) in [5.74, 6) is 0.317. The maximum absolute atomic E-state index is 11.9. The van der Waals surface area contributed by atoms with Crippen molar-refractivity contribution in [1.29, 1.82) is 0 Å². The van der Waals surface area contributed by atoms with Gasteiger partial charge in [-0.1, -0.05) is 0 Å². The van der Waals surface area contributed by atoms with Crippen LogP contribution in [0, 0.1) is 0 Å². The average molecular weight is 235 g/mol. The molecule has 2 rings (SSSR count). The first-order chi connectivity index (χ1) is 8.31. The average Bonchev–Trinajstić information content (AvgIpc) is 2.96. The molecule has 0 spiro atoms. The number of H-pyrrole nitrogens is 1. The predicted octanol–water partition coefficient (Wildman–Crippen LogP) is 0.505. The Morgan fingerprint density at radius 2 is 2.41 bits per heavy atom. The number of anilines is 1. The molecule has 17 heavy (non-hydrogen) atoms. The molecule has 2 aromatic rings. The van der Waals surface area contributed by atoms with Crippen LogP contribution in [0.1, 0.15) is 10.5 Å². The first kappa shape index (κ1) is 11.3. The van der Waals surface area contributed by atoms with E-state index in [0.717, 1.165) is 0 Å². The second-order valence-electron chi connectivity index (χ2n) is 3.36. The van der Waals surface area contributed by atoms with Gasteiger partial charge in [0.05, 0.1) is 19.3 Å². The van der Waals surface area contributed by atoms with E-state index in [1.807, 2.05) is 0 Å². The number of aromatic nitrogens is 4. The Kier molecular flexibility index (Phi) is 3.51. The third kappa shape index (κ3) is 2.70. The quantitative estimate of drug-likeness (QED) is 0.790. The normalized spacial score (nSPS) is 10.4. The van der Waals surface area contributed by atoms with Crippen molar-refractivity contribution in [3.63, 3.8) is 0 Å². The Balaban J connectivity index is 2.06. The van der Waals surface area contributed by atoms with Gasteiger partial charge in [-0.05, 0) is 6.07 Å². The molecule has 0 aliphatic carbocycles. The predicted molar refractivity (Wildman–Crippen MR) is 60.6 cm³/mol. The molecule has 0 saturated carbocycles. The number of carbonyl (C=O) groups is 1. The van der Waals surface area contributed by atoms with E-state index in [1.165, 1.54) is 0 Å². The topological polar surface area (TPSA) is 84.8 Å². The smallest absolute Gasteiger partial charge is 0.275 e. The van der Waals surface area contributed by atoms with Crippen molar-refractivity contribution in [2.75, 3.05) is 19.0 Å². The van der Waals surface area contributed by atoms with Gasteiger partial charge in [-0.3, -0.25) is 14.6 Å². The number of methoxy groups -OCH3 is 1. The molecule has 90 valence electrons. The Morgan fingerprint density at radius 3 is 3.12 bits per heavy atom. The minimum absolute atomic E-state index is 0.233. The van der Waals surface area contributed by atoms with Gasteiger partial charge in [-0.15, -0.1) is 0 Å². The number of nitrogens with one attached hydrogen (secondary N) is 2. The Bertz CT molecular complexity index is 477. The molecule has 0 atom stereocenters. The molecule has 0 aliphatic rings. The largest absolute Gasteiger partial charge is 0.383 e. The van der Waals surface area contributed by atoms with E-state index in [0.29, 0.717) is 24.7 Å². The van der Waals surface area contributed by atoms with E-state index < -0.39 is 0 Å². The Hall–Kier alpha value is -2.15. The van der Waals surface area contributed by atoms with Crippen LogP contribution in [0.2, 0.25) is 0 Å². The van der Waals surface area contributed by atoms with E-state index in [2.05, 4.69) is 20.6 Å². The van der Waals surface area contributed by atoms with Crippen molar-refractivity contribution in [1.82, 2.24) is 20.0 Å². The number of aromatic amines is 1. The van der Waals surface area contributed by atoms with E-state index in [4.69, 9.17) is 4.74 Å². The van der Waals surface area contributed by atoms with Crippen molar-refractivity contribution in [3.8, 4) is 0 Å². The first-order valence-corrected chi connectivity index (χ1v) is 5.12. The van der Waals surface area contributed by atoms with Gasteiger partial charge >= 0.3 is 0 Å². The lowest BCUT2D eigenvalue weighted by Crippen LogP contribution is -2.19. The number of nitrogens with zero attached hydrogens (tertiary/aromatic N) is 3. The van der Waals surface area contributed by atoms with Gasteiger partial charge in [0.15, 0.2) is 0 Å². The number of ether oxygens (including phenoxy) is 1. The maximum atomic E-state index is 11.9. The van der Waals surface area contributed by atoms with Gasteiger partial charge in [0.25, 0.3) is 5.91 Å². The van der Waals surface area contributed by atoms with Crippen LogP contribution in [0.4, 0.5) is 5.82 Å². The number of hydrogen-bond acceptors (Lipinski definition) is 4. The summed E-state index contributed by atoms with van der Waals surface area (Å²) in [5, 5.41) is 13.1. The lowest BCUT2D eigenvalue weighted by atomic mass is 10.4. The summed E-state index contributed by atoms with van der Waals surface area (Å²) >= 11 is 0. The minimum atomic E-state index is -0.233. The molecule has 2 aromatic heterocycles. The molecule has 0 radical (unpaired) electrons. The highest BCUT2D eigenvalue weighted by Gasteiger charge is 2.12. The van der Waals surface area contributed by atoms with Crippen molar-refractivity contribution >= 4 is 11.7 Å². The van der Waals surface area contributed by atoms with E-state index >= 15 is 0 Å². The molecular formula is C10H13N5O2. The van der Waals surface area contributed by atoms with Gasteiger partial charge in [0, 0.05) is 19.4 Å². The zero-order valence-corrected chi connectivity index (χ0v) is 9.38. The molecule has 0 bridgehead atoms. The van der Waals surface area contributed by atoms with Crippen LogP contribution in [-0.4, -0.2) is 39.6 Å². The molecule has 0 aromatic carbocycles. The highest BCUT2D eigenvalue weighted by atomic mass is 16.5. The molecule has 2 N–H and O–H groups in total. The van der Waals surface area contributed by atoms with Gasteiger partial charge in [-0.25, -0.2) is 0 Å². The van der Waals surface area contributed by atoms with Crippen LogP contribution in [0.15, 0.2) is 24.5 Å². The van der Waals surface area contributed by atoms with Gasteiger partial charge in [0.2, 0.25) is 0 Å². The summed E-state index contributed by atoms with van der Waals surface area (Å²) in [7, 11) is 1.61. The summed E-state index contributed by atoms with van der Waals surface area (Å²) in [6, 6.07) is 3.33. The van der Waals surface area contributed by atoms with Crippen molar-refractivity contribution in [3.05, 3.63) is 30.2 Å². The zero-order chi connectivity index (χ0) is 12.1. The van der Waals surface area contributed by atoms with Crippen LogP contribution in [-0.2, 0) is 11.3 Å². The molecular weight excluding hydrogens is 222 g/mol. The van der Waals surface area contributed by atoms with Gasteiger partial charge in [0.1, 0.15) is 11.5 Å². The highest BCUT2D eigenvalue weighted by Crippen LogP contribution is 2.05. The van der Waals surface area contributed by atoms with Gasteiger partial charge < -0.3 is 10.1 Å². The number of carbonyl (C=O) groups excluding carboxylic acids is 1. The second kappa shape index (κ2) is 5.26. The van der Waals surface area contributed by atoms with Crippen LogP contribution < -0.4 is 5.32 Å². The summed E-state index contributed by atoms with van der Waals surface area (Å²) in [5.41, 5.74) is 0.483. The number of amides is 1. The van der Waals surface area contributed by atoms with Crippen molar-refractivity contribution in [2.24, 2.45) is 0 Å². The van der Waals surface area contributed by atoms with Crippen molar-refractivity contribution in [2.45, 2.75) is 6.54 Å². The number of rotatable bonds is 5. The lowest BCUT2D eigenvalue weighted by Gasteiger charge is -2.06. The van der Waals surface area contributed by atoms with E-state index in [-0.39, 0.29) is 5.91 Å². The van der Waals surface area contributed by atoms with Crippen LogP contribution in [0.5, 0.6) is 0 Å². The SMILES string of the molecule is COCCn1nccc1C(=O)Nc1ccn[nH]1.